The molecule has 2 fully saturated rings. The van der Waals surface area contributed by atoms with Crippen LogP contribution >= 0.6 is 0 Å². The van der Waals surface area contributed by atoms with E-state index in [1.54, 1.807) is 0 Å². The minimum absolute atomic E-state index is 0.0718. The first kappa shape index (κ1) is 11.7. The van der Waals surface area contributed by atoms with Crippen molar-refractivity contribution in [2.45, 2.75) is 18.9 Å². The van der Waals surface area contributed by atoms with Crippen LogP contribution in [0.1, 0.15) is 12.8 Å². The second-order valence-corrected chi connectivity index (χ2v) is 3.93. The Bertz CT molecular complexity index is 354. The zero-order valence-corrected chi connectivity index (χ0v) is 9.14. The largest absolute Gasteiger partial charge is 0.376 e. The second kappa shape index (κ2) is 5.05. The van der Waals surface area contributed by atoms with Crippen LogP contribution in [-0.4, -0.2) is 43.3 Å². The van der Waals surface area contributed by atoms with E-state index in [9.17, 15) is 14.4 Å². The summed E-state index contributed by atoms with van der Waals surface area (Å²) in [5.74, 6) is -2.32. The molecule has 2 N–H and O–H groups in total. The summed E-state index contributed by atoms with van der Waals surface area (Å²) in [6, 6.07) is -0.788. The normalized spacial score (nSPS) is 26.4. The van der Waals surface area contributed by atoms with Crippen molar-refractivity contribution in [1.82, 2.24) is 10.6 Å². The van der Waals surface area contributed by atoms with Crippen LogP contribution in [0.3, 0.4) is 0 Å². The summed E-state index contributed by atoms with van der Waals surface area (Å²) in [5.41, 5.74) is 0. The van der Waals surface area contributed by atoms with Crippen molar-refractivity contribution in [3.8, 4) is 0 Å². The number of carbonyl (C=O) groups excluding carboxylic acids is 3. The van der Waals surface area contributed by atoms with Crippen LogP contribution in [0.4, 0.5) is 4.79 Å². The zero-order chi connectivity index (χ0) is 12.3. The first-order valence-electron chi connectivity index (χ1n) is 5.44. The molecular formula is C10H13N3O4. The Labute approximate surface area is 97.6 Å². The van der Waals surface area contributed by atoms with Gasteiger partial charge >= 0.3 is 6.03 Å². The predicted octanol–water partition coefficient (Wildman–Crippen LogP) is -0.782. The third kappa shape index (κ3) is 2.88. The highest BCUT2D eigenvalue weighted by Gasteiger charge is 2.32. The highest BCUT2D eigenvalue weighted by Crippen LogP contribution is 2.11. The number of urea groups is 1. The first-order valence-corrected chi connectivity index (χ1v) is 5.44. The van der Waals surface area contributed by atoms with E-state index >= 15 is 0 Å². The van der Waals surface area contributed by atoms with Gasteiger partial charge in [-0.2, -0.15) is 0 Å². The van der Waals surface area contributed by atoms with Crippen molar-refractivity contribution in [3.05, 3.63) is 0 Å². The van der Waals surface area contributed by atoms with Gasteiger partial charge in [-0.3, -0.25) is 25.2 Å². The summed E-state index contributed by atoms with van der Waals surface area (Å²) in [7, 11) is 0. The number of ether oxygens (including phenoxy) is 1. The van der Waals surface area contributed by atoms with Crippen molar-refractivity contribution < 1.29 is 19.1 Å². The third-order valence-corrected chi connectivity index (χ3v) is 2.63. The number of amides is 4. The van der Waals surface area contributed by atoms with E-state index in [1.165, 1.54) is 6.21 Å². The lowest BCUT2D eigenvalue weighted by molar-refractivity contribution is -0.132. The third-order valence-electron chi connectivity index (χ3n) is 2.63. The second-order valence-electron chi connectivity index (χ2n) is 3.93. The van der Waals surface area contributed by atoms with Crippen molar-refractivity contribution in [3.63, 3.8) is 0 Å². The van der Waals surface area contributed by atoms with Gasteiger partial charge in [0.15, 0.2) is 5.92 Å². The monoisotopic (exact) mass is 239 g/mol. The van der Waals surface area contributed by atoms with Gasteiger partial charge in [0.2, 0.25) is 11.8 Å². The lowest BCUT2D eigenvalue weighted by Gasteiger charge is -2.17. The molecule has 2 aliphatic rings. The molecule has 0 unspecified atom stereocenters. The van der Waals surface area contributed by atoms with Gasteiger partial charge in [0.05, 0.1) is 12.6 Å². The number of hydrogen-bond acceptors (Lipinski definition) is 5. The van der Waals surface area contributed by atoms with Crippen LogP contribution in [-0.2, 0) is 14.3 Å². The molecule has 0 spiro atoms. The van der Waals surface area contributed by atoms with E-state index < -0.39 is 23.8 Å². The smallest absolute Gasteiger partial charge is 0.328 e. The number of aliphatic imine (C=N–C) groups is 1. The molecule has 2 rings (SSSR count). The van der Waals surface area contributed by atoms with Gasteiger partial charge in [-0.05, 0) is 12.8 Å². The summed E-state index contributed by atoms with van der Waals surface area (Å²) >= 11 is 0. The van der Waals surface area contributed by atoms with E-state index in [4.69, 9.17) is 4.74 Å². The number of rotatable bonds is 3. The molecule has 7 heteroatoms. The SMILES string of the molecule is O=C1NC(=O)C(C=NC[C@@H]2CCCO2)C(=O)N1. The highest BCUT2D eigenvalue weighted by molar-refractivity contribution is 6.23. The van der Waals surface area contributed by atoms with Crippen molar-refractivity contribution in [2.75, 3.05) is 13.2 Å². The fourth-order valence-corrected chi connectivity index (χ4v) is 1.74. The summed E-state index contributed by atoms with van der Waals surface area (Å²) < 4.78 is 5.34. The quantitative estimate of drug-likeness (QED) is 0.498. The molecule has 2 heterocycles. The van der Waals surface area contributed by atoms with Crippen molar-refractivity contribution in [2.24, 2.45) is 10.9 Å². The van der Waals surface area contributed by atoms with Crippen LogP contribution in [0.15, 0.2) is 4.99 Å². The van der Waals surface area contributed by atoms with Gasteiger partial charge < -0.3 is 4.74 Å². The van der Waals surface area contributed by atoms with Crippen molar-refractivity contribution in [1.29, 1.82) is 0 Å². The zero-order valence-electron chi connectivity index (χ0n) is 9.14. The molecule has 2 saturated heterocycles. The molecule has 1 atom stereocenters. The highest BCUT2D eigenvalue weighted by atomic mass is 16.5. The maximum atomic E-state index is 11.3. The van der Waals surface area contributed by atoms with Crippen LogP contribution < -0.4 is 10.6 Å². The Kier molecular flexibility index (Phi) is 3.48. The molecule has 0 aromatic rings. The van der Waals surface area contributed by atoms with Crippen molar-refractivity contribution >= 4 is 24.1 Å². The van der Waals surface area contributed by atoms with E-state index in [0.717, 1.165) is 19.4 Å². The van der Waals surface area contributed by atoms with Gasteiger partial charge in [-0.15, -0.1) is 0 Å². The standard InChI is InChI=1S/C10H13N3O4/c14-8-7(9(15)13-10(16)12-8)5-11-4-6-2-1-3-17-6/h5-7H,1-4H2,(H2,12,13,14,15,16)/t6-/m0/s1. The van der Waals surface area contributed by atoms with Gasteiger partial charge in [-0.1, -0.05) is 0 Å². The van der Waals surface area contributed by atoms with E-state index in [1.807, 2.05) is 10.6 Å². The molecule has 92 valence electrons. The van der Waals surface area contributed by atoms with Crippen LogP contribution in [0.25, 0.3) is 0 Å². The van der Waals surface area contributed by atoms with E-state index in [-0.39, 0.29) is 6.10 Å². The number of hydrogen-bond donors (Lipinski definition) is 2. The van der Waals surface area contributed by atoms with Gasteiger partial charge in [0.25, 0.3) is 0 Å². The number of carbonyl (C=O) groups is 3. The fraction of sp³-hybridized carbons (Fsp3) is 0.600. The Balaban J connectivity index is 1.88. The number of nitrogens with one attached hydrogen (secondary N) is 2. The summed E-state index contributed by atoms with van der Waals surface area (Å²) in [5, 5.41) is 4.01. The Morgan fingerprint density at radius 3 is 2.59 bits per heavy atom. The summed E-state index contributed by atoms with van der Waals surface area (Å²) in [6.07, 6.45) is 3.29. The number of imide groups is 2. The summed E-state index contributed by atoms with van der Waals surface area (Å²) in [4.78, 5) is 37.5. The van der Waals surface area contributed by atoms with Crippen LogP contribution in [0, 0.1) is 5.92 Å². The molecule has 0 aliphatic carbocycles. The van der Waals surface area contributed by atoms with E-state index in [2.05, 4.69) is 4.99 Å². The minimum Gasteiger partial charge on any atom is -0.376 e. The summed E-state index contributed by atoms with van der Waals surface area (Å²) in [6.45, 7) is 1.17. The minimum atomic E-state index is -1.03. The van der Waals surface area contributed by atoms with Crippen LogP contribution in [0.2, 0.25) is 0 Å². The van der Waals surface area contributed by atoms with Gasteiger partial charge in [-0.25, -0.2) is 4.79 Å². The average molecular weight is 239 g/mol. The first-order chi connectivity index (χ1) is 8.16. The fourth-order valence-electron chi connectivity index (χ4n) is 1.74. The Hall–Kier alpha value is -1.76. The molecule has 0 aromatic heterocycles. The molecule has 0 bridgehead atoms. The molecule has 0 radical (unpaired) electrons. The molecule has 7 nitrogen and oxygen atoms in total. The Morgan fingerprint density at radius 1 is 1.29 bits per heavy atom. The molecule has 2 aliphatic heterocycles. The maximum Gasteiger partial charge on any atom is 0.328 e. The predicted molar refractivity (Wildman–Crippen MR) is 57.5 cm³/mol. The molecule has 17 heavy (non-hydrogen) atoms. The molecule has 4 amide bonds. The van der Waals surface area contributed by atoms with Gasteiger partial charge in [0.1, 0.15) is 0 Å². The van der Waals surface area contributed by atoms with Crippen LogP contribution in [0.5, 0.6) is 0 Å². The molecular weight excluding hydrogens is 226 g/mol. The lowest BCUT2D eigenvalue weighted by Crippen LogP contribution is -2.56. The number of nitrogens with zero attached hydrogens (tertiary/aromatic N) is 1. The topological polar surface area (TPSA) is 96.9 Å². The molecule has 0 aromatic carbocycles. The Morgan fingerprint density at radius 2 is 2.00 bits per heavy atom. The van der Waals surface area contributed by atoms with E-state index in [0.29, 0.717) is 6.54 Å². The average Bonchev–Trinajstić information content (AvgIpc) is 2.74. The maximum absolute atomic E-state index is 11.3. The molecule has 0 saturated carbocycles. The lowest BCUT2D eigenvalue weighted by atomic mass is 10.1. The van der Waals surface area contributed by atoms with Gasteiger partial charge in [0, 0.05) is 12.8 Å². The number of barbiturate groups is 1.